The molecule has 0 saturated carbocycles. The second-order valence-electron chi connectivity index (χ2n) is 8.48. The summed E-state index contributed by atoms with van der Waals surface area (Å²) in [5.41, 5.74) is 2.13. The molecule has 168 valence electrons. The molecule has 8 nitrogen and oxygen atoms in total. The number of halogens is 1. The van der Waals surface area contributed by atoms with Crippen molar-refractivity contribution in [3.8, 4) is 17.3 Å². The highest BCUT2D eigenvalue weighted by Crippen LogP contribution is 2.30. The van der Waals surface area contributed by atoms with E-state index in [-0.39, 0.29) is 6.04 Å². The molecule has 0 bridgehead atoms. The highest BCUT2D eigenvalue weighted by Gasteiger charge is 2.28. The van der Waals surface area contributed by atoms with Gasteiger partial charge in [0, 0.05) is 69.0 Å². The Balaban J connectivity index is 1.47. The average Bonchev–Trinajstić information content (AvgIpc) is 3.39. The average molecular weight is 461 g/mol. The number of hydrogen-bond donors (Lipinski definition) is 0. The Morgan fingerprint density at radius 2 is 1.91 bits per heavy atom. The number of nitrogens with zero attached hydrogens (tertiary/aromatic N) is 8. The van der Waals surface area contributed by atoms with Crippen LogP contribution in [0.25, 0.3) is 11.3 Å². The lowest BCUT2D eigenvalue weighted by molar-refractivity contribution is 0.542. The molecule has 9 heteroatoms. The van der Waals surface area contributed by atoms with Crippen molar-refractivity contribution in [2.24, 2.45) is 0 Å². The summed E-state index contributed by atoms with van der Waals surface area (Å²) in [5.74, 6) is 2.46. The van der Waals surface area contributed by atoms with Crippen molar-refractivity contribution in [3.63, 3.8) is 0 Å². The summed E-state index contributed by atoms with van der Waals surface area (Å²) in [7, 11) is 0. The van der Waals surface area contributed by atoms with Crippen LogP contribution in [0.2, 0.25) is 5.02 Å². The smallest absolute Gasteiger partial charge is 0.227 e. The van der Waals surface area contributed by atoms with Crippen molar-refractivity contribution < 1.29 is 0 Å². The lowest BCUT2D eigenvalue weighted by Crippen LogP contribution is -2.52. The fourth-order valence-corrected chi connectivity index (χ4v) is 4.76. The molecule has 2 saturated heterocycles. The van der Waals surface area contributed by atoms with Crippen LogP contribution < -0.4 is 14.7 Å². The van der Waals surface area contributed by atoms with Crippen molar-refractivity contribution in [2.45, 2.75) is 25.8 Å². The normalized spacial score (nSPS) is 18.5. The first-order valence-electron chi connectivity index (χ1n) is 11.2. The van der Waals surface area contributed by atoms with E-state index in [4.69, 9.17) is 21.6 Å². The summed E-state index contributed by atoms with van der Waals surface area (Å²) in [5, 5.41) is 9.98. The quantitative estimate of drug-likeness (QED) is 0.581. The standard InChI is InChI=1S/C24H25ClN8/c1-17-16-32(23-20(25)5-4-6-28-23)9-10-33(17)22-12-21(19-11-18(13-26)14-27-15-19)29-24(30-22)31-7-2-3-8-31/h4-6,11-12,14-15,17H,2-3,7-10,16H2,1H3/t17-/m1/s1. The minimum atomic E-state index is 0.203. The lowest BCUT2D eigenvalue weighted by atomic mass is 10.1. The zero-order chi connectivity index (χ0) is 22.8. The highest BCUT2D eigenvalue weighted by atomic mass is 35.5. The van der Waals surface area contributed by atoms with Gasteiger partial charge in [-0.05, 0) is 38.0 Å². The Morgan fingerprint density at radius 3 is 2.67 bits per heavy atom. The van der Waals surface area contributed by atoms with Gasteiger partial charge in [0.1, 0.15) is 17.7 Å². The van der Waals surface area contributed by atoms with Gasteiger partial charge in [-0.3, -0.25) is 4.98 Å². The van der Waals surface area contributed by atoms with Crippen LogP contribution in [0.5, 0.6) is 0 Å². The molecule has 0 N–H and O–H groups in total. The summed E-state index contributed by atoms with van der Waals surface area (Å²) in [6.45, 7) is 6.49. The molecule has 2 fully saturated rings. The van der Waals surface area contributed by atoms with Crippen LogP contribution in [0.4, 0.5) is 17.6 Å². The van der Waals surface area contributed by atoms with E-state index in [2.05, 4.69) is 37.7 Å². The number of anilines is 3. The molecule has 5 heterocycles. The topological polar surface area (TPSA) is 85.1 Å². The maximum Gasteiger partial charge on any atom is 0.227 e. The highest BCUT2D eigenvalue weighted by molar-refractivity contribution is 6.32. The van der Waals surface area contributed by atoms with Crippen LogP contribution in [0.1, 0.15) is 25.3 Å². The van der Waals surface area contributed by atoms with Crippen molar-refractivity contribution in [3.05, 3.63) is 53.4 Å². The van der Waals surface area contributed by atoms with Gasteiger partial charge < -0.3 is 14.7 Å². The molecule has 0 radical (unpaired) electrons. The largest absolute Gasteiger partial charge is 0.352 e. The van der Waals surface area contributed by atoms with Gasteiger partial charge in [-0.15, -0.1) is 0 Å². The van der Waals surface area contributed by atoms with Crippen LogP contribution in [-0.4, -0.2) is 58.7 Å². The second kappa shape index (κ2) is 9.20. The van der Waals surface area contributed by atoms with Crippen molar-refractivity contribution in [2.75, 3.05) is 47.4 Å². The van der Waals surface area contributed by atoms with Crippen molar-refractivity contribution in [1.29, 1.82) is 5.26 Å². The van der Waals surface area contributed by atoms with Gasteiger partial charge in [-0.1, -0.05) is 11.6 Å². The first kappa shape index (κ1) is 21.4. The number of pyridine rings is 2. The Hall–Kier alpha value is -3.44. The number of nitriles is 1. The van der Waals surface area contributed by atoms with Crippen LogP contribution in [0.15, 0.2) is 42.9 Å². The van der Waals surface area contributed by atoms with Gasteiger partial charge in [0.15, 0.2) is 0 Å². The number of aromatic nitrogens is 4. The summed E-state index contributed by atoms with van der Waals surface area (Å²) in [4.78, 5) is 25.3. The Morgan fingerprint density at radius 1 is 1.06 bits per heavy atom. The van der Waals surface area contributed by atoms with Crippen molar-refractivity contribution >= 4 is 29.2 Å². The minimum Gasteiger partial charge on any atom is -0.352 e. The molecule has 0 unspecified atom stereocenters. The van der Waals surface area contributed by atoms with Crippen LogP contribution in [0.3, 0.4) is 0 Å². The molecule has 0 spiro atoms. The maximum absolute atomic E-state index is 9.31. The van der Waals surface area contributed by atoms with E-state index in [0.29, 0.717) is 10.6 Å². The maximum atomic E-state index is 9.31. The van der Waals surface area contributed by atoms with E-state index < -0.39 is 0 Å². The minimum absolute atomic E-state index is 0.203. The second-order valence-corrected chi connectivity index (χ2v) is 8.88. The molecular weight excluding hydrogens is 436 g/mol. The van der Waals surface area contributed by atoms with Gasteiger partial charge >= 0.3 is 0 Å². The molecular formula is C24H25ClN8. The molecule has 0 aliphatic carbocycles. The van der Waals surface area contributed by atoms with E-state index in [1.165, 1.54) is 0 Å². The third kappa shape index (κ3) is 4.41. The van der Waals surface area contributed by atoms with Gasteiger partial charge in [0.2, 0.25) is 5.95 Å². The van der Waals surface area contributed by atoms with Crippen LogP contribution in [0, 0.1) is 11.3 Å². The Kier molecular flexibility index (Phi) is 5.97. The number of piperazine rings is 1. The zero-order valence-electron chi connectivity index (χ0n) is 18.5. The van der Waals surface area contributed by atoms with Gasteiger partial charge in [0.25, 0.3) is 0 Å². The van der Waals surface area contributed by atoms with E-state index in [9.17, 15) is 5.26 Å². The lowest BCUT2D eigenvalue weighted by Gasteiger charge is -2.41. The number of hydrogen-bond acceptors (Lipinski definition) is 8. The summed E-state index contributed by atoms with van der Waals surface area (Å²) in [6.07, 6.45) is 7.39. The first-order chi connectivity index (χ1) is 16.1. The number of rotatable bonds is 4. The molecule has 2 aliphatic heterocycles. The fourth-order valence-electron chi connectivity index (χ4n) is 4.52. The summed E-state index contributed by atoms with van der Waals surface area (Å²) >= 11 is 6.39. The molecule has 33 heavy (non-hydrogen) atoms. The SMILES string of the molecule is C[C@@H]1CN(c2ncccc2Cl)CCN1c1cc(-c2cncc(C#N)c2)nc(N2CCCC2)n1. The van der Waals surface area contributed by atoms with Crippen LogP contribution in [-0.2, 0) is 0 Å². The van der Waals surface area contributed by atoms with Crippen molar-refractivity contribution in [1.82, 2.24) is 19.9 Å². The van der Waals surface area contributed by atoms with E-state index in [0.717, 1.165) is 74.4 Å². The zero-order valence-corrected chi connectivity index (χ0v) is 19.3. The molecule has 3 aromatic rings. The van der Waals surface area contributed by atoms with E-state index in [1.807, 2.05) is 24.3 Å². The van der Waals surface area contributed by atoms with Gasteiger partial charge in [-0.25, -0.2) is 9.97 Å². The summed E-state index contributed by atoms with van der Waals surface area (Å²) in [6, 6.07) is 9.94. The monoisotopic (exact) mass is 460 g/mol. The predicted octanol–water partition coefficient (Wildman–Crippen LogP) is 3.77. The molecule has 3 aromatic heterocycles. The molecule has 2 aliphatic rings. The van der Waals surface area contributed by atoms with Crippen LogP contribution >= 0.6 is 11.6 Å². The third-order valence-electron chi connectivity index (χ3n) is 6.21. The predicted molar refractivity (Wildman–Crippen MR) is 130 cm³/mol. The van der Waals surface area contributed by atoms with E-state index >= 15 is 0 Å². The van der Waals surface area contributed by atoms with E-state index in [1.54, 1.807) is 18.6 Å². The third-order valence-corrected chi connectivity index (χ3v) is 6.51. The Labute approximate surface area is 198 Å². The molecule has 0 amide bonds. The summed E-state index contributed by atoms with van der Waals surface area (Å²) < 4.78 is 0. The molecule has 0 aromatic carbocycles. The molecule has 1 atom stereocenters. The fraction of sp³-hybridized carbons (Fsp3) is 0.375. The first-order valence-corrected chi connectivity index (χ1v) is 11.6. The van der Waals surface area contributed by atoms with Gasteiger partial charge in [-0.2, -0.15) is 10.2 Å². The Bertz CT molecular complexity index is 1190. The van der Waals surface area contributed by atoms with Gasteiger partial charge in [0.05, 0.1) is 16.3 Å². The molecule has 5 rings (SSSR count).